The van der Waals surface area contributed by atoms with Crippen molar-refractivity contribution in [3.63, 3.8) is 0 Å². The molecule has 0 bridgehead atoms. The molecule has 0 radical (unpaired) electrons. The second-order valence-electron chi connectivity index (χ2n) is 7.80. The first-order valence-corrected chi connectivity index (χ1v) is 12.7. The van der Waals surface area contributed by atoms with Gasteiger partial charge in [-0.25, -0.2) is 13.4 Å². The van der Waals surface area contributed by atoms with Crippen LogP contribution in [0, 0.1) is 25.2 Å². The number of Topliss-reactive ketones (excluding diaryl/α,β-unsaturated/α-hetero) is 1. The SMILES string of the molecule is Cc1noc(C)c1S(=O)(=O)N1CCN(CC(=O)C(C#N)c2nc(-c3ccccc3)cs2)CC1. The largest absolute Gasteiger partial charge is 0.360 e. The number of piperazine rings is 1. The number of nitriles is 1. The monoisotopic (exact) mass is 485 g/mol. The van der Waals surface area contributed by atoms with Crippen LogP contribution in [0.3, 0.4) is 0 Å². The molecule has 1 unspecified atom stereocenters. The highest BCUT2D eigenvalue weighted by Crippen LogP contribution is 2.28. The maximum Gasteiger partial charge on any atom is 0.248 e. The van der Waals surface area contributed by atoms with E-state index in [1.165, 1.54) is 15.6 Å². The maximum absolute atomic E-state index is 13.0. The Balaban J connectivity index is 1.39. The van der Waals surface area contributed by atoms with Gasteiger partial charge in [-0.3, -0.25) is 9.69 Å². The van der Waals surface area contributed by atoms with Gasteiger partial charge in [-0.05, 0) is 13.8 Å². The summed E-state index contributed by atoms with van der Waals surface area (Å²) in [5.41, 5.74) is 2.00. The zero-order chi connectivity index (χ0) is 23.6. The van der Waals surface area contributed by atoms with E-state index < -0.39 is 15.9 Å². The van der Waals surface area contributed by atoms with Crippen molar-refractivity contribution in [3.05, 3.63) is 52.2 Å². The van der Waals surface area contributed by atoms with E-state index in [9.17, 15) is 18.5 Å². The van der Waals surface area contributed by atoms with E-state index in [1.54, 1.807) is 13.8 Å². The summed E-state index contributed by atoms with van der Waals surface area (Å²) in [6.07, 6.45) is 0. The molecule has 3 heterocycles. The molecule has 0 saturated carbocycles. The highest BCUT2D eigenvalue weighted by Gasteiger charge is 2.34. The van der Waals surface area contributed by atoms with Crippen molar-refractivity contribution in [2.24, 2.45) is 0 Å². The van der Waals surface area contributed by atoms with Crippen molar-refractivity contribution in [2.45, 2.75) is 24.7 Å². The molecule has 0 spiro atoms. The summed E-state index contributed by atoms with van der Waals surface area (Å²) in [5.74, 6) is -0.926. The zero-order valence-corrected chi connectivity index (χ0v) is 19.9. The van der Waals surface area contributed by atoms with E-state index in [2.05, 4.69) is 16.2 Å². The minimum atomic E-state index is -3.71. The zero-order valence-electron chi connectivity index (χ0n) is 18.3. The summed E-state index contributed by atoms with van der Waals surface area (Å²) in [4.78, 5) is 19.4. The van der Waals surface area contributed by atoms with Crippen LogP contribution in [0.5, 0.6) is 0 Å². The van der Waals surface area contributed by atoms with Crippen LogP contribution in [0.1, 0.15) is 22.4 Å². The second-order valence-corrected chi connectivity index (χ2v) is 10.6. The molecule has 1 aliphatic heterocycles. The fourth-order valence-corrected chi connectivity index (χ4v) is 6.44. The standard InChI is InChI=1S/C22H23N5O4S2/c1-15-21(16(2)31-25-15)33(29,30)27-10-8-26(9-11-27)13-20(28)18(12-23)22-24-19(14-32-22)17-6-4-3-5-7-17/h3-7,14,18H,8-11,13H2,1-2H3. The summed E-state index contributed by atoms with van der Waals surface area (Å²) < 4.78 is 32.3. The van der Waals surface area contributed by atoms with E-state index in [0.717, 1.165) is 11.3 Å². The Morgan fingerprint density at radius 2 is 1.91 bits per heavy atom. The van der Waals surface area contributed by atoms with Gasteiger partial charge in [-0.2, -0.15) is 9.57 Å². The van der Waals surface area contributed by atoms with E-state index in [0.29, 0.717) is 23.8 Å². The summed E-state index contributed by atoms with van der Waals surface area (Å²) in [6.45, 7) is 4.50. The van der Waals surface area contributed by atoms with Crippen molar-refractivity contribution in [1.29, 1.82) is 5.26 Å². The van der Waals surface area contributed by atoms with E-state index in [1.807, 2.05) is 40.6 Å². The number of nitrogens with zero attached hydrogens (tertiary/aromatic N) is 5. The number of ketones is 1. The molecular weight excluding hydrogens is 462 g/mol. The number of carbonyl (C=O) groups is 1. The Hall–Kier alpha value is -2.91. The number of benzene rings is 1. The normalized spacial score (nSPS) is 16.4. The molecule has 3 aromatic rings. The van der Waals surface area contributed by atoms with Crippen LogP contribution in [0.4, 0.5) is 0 Å². The van der Waals surface area contributed by atoms with Gasteiger partial charge in [-0.1, -0.05) is 35.5 Å². The van der Waals surface area contributed by atoms with Gasteiger partial charge in [0.2, 0.25) is 10.0 Å². The van der Waals surface area contributed by atoms with Gasteiger partial charge in [-0.15, -0.1) is 11.3 Å². The average Bonchev–Trinajstić information content (AvgIpc) is 3.42. The predicted molar refractivity (Wildman–Crippen MR) is 122 cm³/mol. The van der Waals surface area contributed by atoms with Crippen LogP contribution < -0.4 is 0 Å². The van der Waals surface area contributed by atoms with Gasteiger partial charge in [0, 0.05) is 37.1 Å². The third kappa shape index (κ3) is 4.74. The molecular formula is C22H23N5O4S2. The molecule has 33 heavy (non-hydrogen) atoms. The van der Waals surface area contributed by atoms with Crippen LogP contribution in [0.15, 0.2) is 45.1 Å². The van der Waals surface area contributed by atoms with Crippen LogP contribution in [-0.4, -0.2) is 66.3 Å². The summed E-state index contributed by atoms with van der Waals surface area (Å²) >= 11 is 1.30. The minimum absolute atomic E-state index is 0.0671. The van der Waals surface area contributed by atoms with E-state index in [-0.39, 0.29) is 36.1 Å². The summed E-state index contributed by atoms with van der Waals surface area (Å²) in [6, 6.07) is 11.7. The number of aromatic nitrogens is 2. The van der Waals surface area contributed by atoms with Crippen molar-refractivity contribution in [3.8, 4) is 17.3 Å². The van der Waals surface area contributed by atoms with Crippen LogP contribution in [0.2, 0.25) is 0 Å². The molecule has 9 nitrogen and oxygen atoms in total. The van der Waals surface area contributed by atoms with Crippen LogP contribution in [-0.2, 0) is 14.8 Å². The van der Waals surface area contributed by atoms with E-state index >= 15 is 0 Å². The molecule has 2 aromatic heterocycles. The summed E-state index contributed by atoms with van der Waals surface area (Å²) in [7, 11) is -3.71. The molecule has 1 fully saturated rings. The van der Waals surface area contributed by atoms with Gasteiger partial charge in [0.05, 0.1) is 18.3 Å². The Morgan fingerprint density at radius 3 is 2.52 bits per heavy atom. The predicted octanol–water partition coefficient (Wildman–Crippen LogP) is 2.60. The first-order chi connectivity index (χ1) is 15.8. The van der Waals surface area contributed by atoms with Gasteiger partial charge in [0.15, 0.2) is 17.5 Å². The Kier molecular flexibility index (Phi) is 6.71. The number of hydrogen-bond donors (Lipinski definition) is 0. The highest BCUT2D eigenvalue weighted by molar-refractivity contribution is 7.89. The fourth-order valence-electron chi connectivity index (χ4n) is 3.84. The number of sulfonamides is 1. The maximum atomic E-state index is 13.0. The van der Waals surface area contributed by atoms with Gasteiger partial charge in [0.1, 0.15) is 15.6 Å². The first-order valence-electron chi connectivity index (χ1n) is 10.4. The molecule has 0 amide bonds. The Bertz CT molecular complexity index is 1270. The molecule has 11 heteroatoms. The average molecular weight is 486 g/mol. The third-order valence-electron chi connectivity index (χ3n) is 5.57. The van der Waals surface area contributed by atoms with Crippen molar-refractivity contribution >= 4 is 27.1 Å². The van der Waals surface area contributed by atoms with Gasteiger partial charge in [0.25, 0.3) is 0 Å². The number of rotatable bonds is 7. The Morgan fingerprint density at radius 1 is 1.21 bits per heavy atom. The van der Waals surface area contributed by atoms with Crippen molar-refractivity contribution in [2.75, 3.05) is 32.7 Å². The quantitative estimate of drug-likeness (QED) is 0.501. The lowest BCUT2D eigenvalue weighted by molar-refractivity contribution is -0.120. The van der Waals surface area contributed by atoms with Crippen molar-refractivity contribution < 1.29 is 17.7 Å². The molecule has 1 saturated heterocycles. The van der Waals surface area contributed by atoms with Crippen molar-refractivity contribution in [1.82, 2.24) is 19.3 Å². The molecule has 0 aliphatic carbocycles. The molecule has 0 N–H and O–H groups in total. The van der Waals surface area contributed by atoms with Crippen LogP contribution >= 0.6 is 11.3 Å². The third-order valence-corrected chi connectivity index (χ3v) is 8.62. The molecule has 1 atom stereocenters. The number of carbonyl (C=O) groups excluding carboxylic acids is 1. The molecule has 172 valence electrons. The van der Waals surface area contributed by atoms with Gasteiger partial charge >= 0.3 is 0 Å². The summed E-state index contributed by atoms with van der Waals surface area (Å²) in [5, 5.41) is 15.7. The lowest BCUT2D eigenvalue weighted by Gasteiger charge is -2.33. The first kappa shape index (κ1) is 23.3. The lowest BCUT2D eigenvalue weighted by atomic mass is 10.1. The molecule has 1 aromatic carbocycles. The van der Waals surface area contributed by atoms with Crippen LogP contribution in [0.25, 0.3) is 11.3 Å². The Labute approximate surface area is 196 Å². The second kappa shape index (κ2) is 9.52. The molecule has 1 aliphatic rings. The number of hydrogen-bond acceptors (Lipinski definition) is 9. The highest BCUT2D eigenvalue weighted by atomic mass is 32.2. The number of aryl methyl sites for hydroxylation is 2. The van der Waals surface area contributed by atoms with E-state index in [4.69, 9.17) is 4.52 Å². The number of thiazole rings is 1. The topological polar surface area (TPSA) is 120 Å². The fraction of sp³-hybridized carbons (Fsp3) is 0.364. The smallest absolute Gasteiger partial charge is 0.248 e. The van der Waals surface area contributed by atoms with Gasteiger partial charge < -0.3 is 4.52 Å². The molecule has 4 rings (SSSR count). The lowest BCUT2D eigenvalue weighted by Crippen LogP contribution is -2.50. The minimum Gasteiger partial charge on any atom is -0.360 e.